The van der Waals surface area contributed by atoms with Gasteiger partial charge in [0.15, 0.2) is 0 Å². The summed E-state index contributed by atoms with van der Waals surface area (Å²) >= 11 is 0. The van der Waals surface area contributed by atoms with Gasteiger partial charge in [-0.15, -0.1) is 0 Å². The molecule has 1 N–H and O–H groups in total. The largest absolute Gasteiger partial charge is 0.478 e. The van der Waals surface area contributed by atoms with E-state index in [0.29, 0.717) is 11.3 Å². The van der Waals surface area contributed by atoms with Crippen LogP contribution in [0.1, 0.15) is 22.1 Å². The highest BCUT2D eigenvalue weighted by atomic mass is 16.5. The molecular weight excluding hydrogens is 352 g/mol. The average Bonchev–Trinajstić information content (AvgIpc) is 3.28. The SMILES string of the molecule is O=C(O)c1cccc(C(Oc2ccc(-c3ccccc3)cc2)n2cccn2)c1. The molecule has 0 aliphatic rings. The predicted octanol–water partition coefficient (Wildman–Crippen LogP) is 4.87. The van der Waals surface area contributed by atoms with Crippen molar-refractivity contribution in [2.24, 2.45) is 0 Å². The Kier molecular flexibility index (Phi) is 4.89. The summed E-state index contributed by atoms with van der Waals surface area (Å²) in [5, 5.41) is 13.6. The van der Waals surface area contributed by atoms with E-state index in [9.17, 15) is 9.90 Å². The van der Waals surface area contributed by atoms with E-state index in [2.05, 4.69) is 17.2 Å². The zero-order valence-electron chi connectivity index (χ0n) is 15.0. The lowest BCUT2D eigenvalue weighted by Crippen LogP contribution is -2.18. The van der Waals surface area contributed by atoms with Crippen molar-refractivity contribution in [1.82, 2.24) is 9.78 Å². The number of rotatable bonds is 6. The number of carboxylic acids is 1. The molecule has 0 fully saturated rings. The molecule has 0 saturated heterocycles. The van der Waals surface area contributed by atoms with Gasteiger partial charge in [0.05, 0.1) is 5.56 Å². The summed E-state index contributed by atoms with van der Waals surface area (Å²) < 4.78 is 7.84. The average molecular weight is 370 g/mol. The molecule has 0 spiro atoms. The fourth-order valence-corrected chi connectivity index (χ4v) is 3.00. The molecule has 5 nitrogen and oxygen atoms in total. The van der Waals surface area contributed by atoms with Crippen molar-refractivity contribution in [3.8, 4) is 16.9 Å². The first-order chi connectivity index (χ1) is 13.7. The molecule has 138 valence electrons. The Hall–Kier alpha value is -3.86. The fourth-order valence-electron chi connectivity index (χ4n) is 3.00. The molecule has 0 amide bonds. The number of aromatic carboxylic acids is 1. The van der Waals surface area contributed by atoms with Crippen LogP contribution in [0.25, 0.3) is 11.1 Å². The molecule has 0 bridgehead atoms. The third-order valence-corrected chi connectivity index (χ3v) is 4.39. The second kappa shape index (κ2) is 7.80. The zero-order valence-corrected chi connectivity index (χ0v) is 15.0. The van der Waals surface area contributed by atoms with Crippen LogP contribution in [0, 0.1) is 0 Å². The minimum Gasteiger partial charge on any atom is -0.478 e. The maximum atomic E-state index is 11.3. The maximum absolute atomic E-state index is 11.3. The molecule has 1 atom stereocenters. The van der Waals surface area contributed by atoms with E-state index in [1.54, 1.807) is 41.3 Å². The summed E-state index contributed by atoms with van der Waals surface area (Å²) in [5.74, 6) is -0.311. The molecular formula is C23H18N2O3. The van der Waals surface area contributed by atoms with E-state index < -0.39 is 12.2 Å². The summed E-state index contributed by atoms with van der Waals surface area (Å²) in [7, 11) is 0. The standard InChI is InChI=1S/C23H18N2O3/c26-23(27)20-9-4-8-19(16-20)22(25-15-5-14-24-25)28-21-12-10-18(11-13-21)17-6-2-1-3-7-17/h1-16,22H,(H,26,27). The van der Waals surface area contributed by atoms with E-state index in [1.165, 1.54) is 0 Å². The molecule has 1 aromatic heterocycles. The quantitative estimate of drug-likeness (QED) is 0.526. The molecule has 1 heterocycles. The van der Waals surface area contributed by atoms with Crippen LogP contribution in [0.4, 0.5) is 0 Å². The van der Waals surface area contributed by atoms with Gasteiger partial charge < -0.3 is 9.84 Å². The Morgan fingerprint density at radius 2 is 1.64 bits per heavy atom. The number of hydrogen-bond acceptors (Lipinski definition) is 3. The molecule has 4 rings (SSSR count). The van der Waals surface area contributed by atoms with Crippen molar-refractivity contribution >= 4 is 5.97 Å². The fraction of sp³-hybridized carbons (Fsp3) is 0.0435. The smallest absolute Gasteiger partial charge is 0.335 e. The molecule has 3 aromatic carbocycles. The summed E-state index contributed by atoms with van der Waals surface area (Å²) in [6.45, 7) is 0. The van der Waals surface area contributed by atoms with Crippen molar-refractivity contribution < 1.29 is 14.6 Å². The molecule has 0 aliphatic heterocycles. The van der Waals surface area contributed by atoms with Gasteiger partial charge in [-0.1, -0.05) is 54.6 Å². The number of benzene rings is 3. The zero-order chi connectivity index (χ0) is 19.3. The van der Waals surface area contributed by atoms with Crippen LogP contribution in [0.3, 0.4) is 0 Å². The van der Waals surface area contributed by atoms with Crippen LogP contribution >= 0.6 is 0 Å². The van der Waals surface area contributed by atoms with Crippen molar-refractivity contribution in [1.29, 1.82) is 0 Å². The van der Waals surface area contributed by atoms with Gasteiger partial charge in [-0.25, -0.2) is 9.48 Å². The lowest BCUT2D eigenvalue weighted by molar-refractivity contribution is 0.0696. The number of hydrogen-bond donors (Lipinski definition) is 1. The van der Waals surface area contributed by atoms with Crippen molar-refractivity contribution in [3.63, 3.8) is 0 Å². The summed E-state index contributed by atoms with van der Waals surface area (Å²) in [4.78, 5) is 11.3. The number of nitrogens with zero attached hydrogens (tertiary/aromatic N) is 2. The third kappa shape index (κ3) is 3.78. The maximum Gasteiger partial charge on any atom is 0.335 e. The van der Waals surface area contributed by atoms with E-state index in [1.807, 2.05) is 48.5 Å². The third-order valence-electron chi connectivity index (χ3n) is 4.39. The Balaban J connectivity index is 1.64. The highest BCUT2D eigenvalue weighted by molar-refractivity contribution is 5.87. The van der Waals surface area contributed by atoms with Crippen LogP contribution in [0.15, 0.2) is 97.3 Å². The first-order valence-electron chi connectivity index (χ1n) is 8.85. The lowest BCUT2D eigenvalue weighted by atomic mass is 10.1. The van der Waals surface area contributed by atoms with Gasteiger partial charge in [0, 0.05) is 18.0 Å². The number of aromatic nitrogens is 2. The minimum absolute atomic E-state index is 0.206. The molecule has 0 saturated carbocycles. The van der Waals surface area contributed by atoms with Gasteiger partial charge in [0.25, 0.3) is 0 Å². The van der Waals surface area contributed by atoms with Gasteiger partial charge in [0.2, 0.25) is 6.23 Å². The summed E-state index contributed by atoms with van der Waals surface area (Å²) in [5.41, 5.74) is 3.14. The number of ether oxygens (including phenoxy) is 1. The van der Waals surface area contributed by atoms with E-state index in [-0.39, 0.29) is 5.56 Å². The van der Waals surface area contributed by atoms with E-state index in [0.717, 1.165) is 11.1 Å². The topological polar surface area (TPSA) is 64.3 Å². The summed E-state index contributed by atoms with van der Waals surface area (Å²) in [6, 6.07) is 26.4. The molecule has 4 aromatic rings. The number of carboxylic acid groups (broad SMARTS) is 1. The Morgan fingerprint density at radius 3 is 2.32 bits per heavy atom. The monoisotopic (exact) mass is 370 g/mol. The minimum atomic E-state index is -0.978. The van der Waals surface area contributed by atoms with E-state index in [4.69, 9.17) is 4.74 Å². The van der Waals surface area contributed by atoms with Crippen LogP contribution in [0.2, 0.25) is 0 Å². The van der Waals surface area contributed by atoms with Gasteiger partial charge in [0.1, 0.15) is 5.75 Å². The molecule has 0 aliphatic carbocycles. The number of carbonyl (C=O) groups is 1. The van der Waals surface area contributed by atoms with Crippen LogP contribution < -0.4 is 4.74 Å². The van der Waals surface area contributed by atoms with Gasteiger partial charge in [-0.05, 0) is 41.5 Å². The molecule has 5 heteroatoms. The van der Waals surface area contributed by atoms with E-state index >= 15 is 0 Å². The van der Waals surface area contributed by atoms with Crippen molar-refractivity contribution in [3.05, 3.63) is 108 Å². The second-order valence-electron chi connectivity index (χ2n) is 6.28. The van der Waals surface area contributed by atoms with Crippen molar-refractivity contribution in [2.75, 3.05) is 0 Å². The predicted molar refractivity (Wildman–Crippen MR) is 106 cm³/mol. The molecule has 0 radical (unpaired) electrons. The second-order valence-corrected chi connectivity index (χ2v) is 6.28. The van der Waals surface area contributed by atoms with Crippen molar-refractivity contribution in [2.45, 2.75) is 6.23 Å². The molecule has 1 unspecified atom stereocenters. The lowest BCUT2D eigenvalue weighted by Gasteiger charge is -2.20. The van der Waals surface area contributed by atoms with Gasteiger partial charge in [-0.2, -0.15) is 5.10 Å². The summed E-state index contributed by atoms with van der Waals surface area (Å²) in [6.07, 6.45) is 2.88. The Bertz CT molecular complexity index is 1060. The van der Waals surface area contributed by atoms with Crippen LogP contribution in [-0.2, 0) is 0 Å². The highest BCUT2D eigenvalue weighted by Gasteiger charge is 2.18. The van der Waals surface area contributed by atoms with Gasteiger partial charge in [-0.3, -0.25) is 0 Å². The van der Waals surface area contributed by atoms with Crippen LogP contribution in [-0.4, -0.2) is 20.9 Å². The highest BCUT2D eigenvalue weighted by Crippen LogP contribution is 2.27. The van der Waals surface area contributed by atoms with Crippen LogP contribution in [0.5, 0.6) is 5.75 Å². The first kappa shape index (κ1) is 17.5. The normalized spacial score (nSPS) is 11.7. The molecule has 28 heavy (non-hydrogen) atoms. The first-order valence-corrected chi connectivity index (χ1v) is 8.85. The van der Waals surface area contributed by atoms with Gasteiger partial charge >= 0.3 is 5.97 Å². The Morgan fingerprint density at radius 1 is 0.893 bits per heavy atom. The Labute approximate surface area is 162 Å².